The first kappa shape index (κ1) is 13.7. The minimum atomic E-state index is -1.29. The molecule has 3 rings (SSSR count). The van der Waals surface area contributed by atoms with Gasteiger partial charge in [0.1, 0.15) is 0 Å². The van der Waals surface area contributed by atoms with Crippen LogP contribution in [0.3, 0.4) is 0 Å². The topological polar surface area (TPSA) is 37.3 Å². The second-order valence-corrected chi connectivity index (χ2v) is 5.87. The third-order valence-corrected chi connectivity index (χ3v) is 3.97. The van der Waals surface area contributed by atoms with E-state index < -0.39 is 10.8 Å². The molecule has 0 aromatic rings. The molecule has 0 atom stereocenters. The number of hydrogen-bond acceptors (Lipinski definition) is 1. The molecule has 0 unspecified atom stereocenters. The van der Waals surface area contributed by atoms with Crippen molar-refractivity contribution < 1.29 is 9.90 Å². The van der Waals surface area contributed by atoms with Gasteiger partial charge in [-0.2, -0.15) is 0 Å². The molecule has 0 radical (unpaired) electrons. The Kier molecular flexibility index (Phi) is 4.52. The molecule has 2 nitrogen and oxygen atoms in total. The highest BCUT2D eigenvalue weighted by molar-refractivity contribution is 6.52. The molecule has 0 heterocycles. The molecular formula is C14H16Cl2O2. The van der Waals surface area contributed by atoms with Crippen LogP contribution in [0.5, 0.6) is 0 Å². The van der Waals surface area contributed by atoms with Crippen LogP contribution in [0, 0.1) is 0 Å². The molecule has 1 saturated carbocycles. The van der Waals surface area contributed by atoms with E-state index in [1.807, 2.05) is 0 Å². The Balaban J connectivity index is 0.000000174. The van der Waals surface area contributed by atoms with Crippen molar-refractivity contribution in [2.24, 2.45) is 0 Å². The van der Waals surface area contributed by atoms with Gasteiger partial charge in [-0.3, -0.25) is 0 Å². The maximum absolute atomic E-state index is 9.44. The van der Waals surface area contributed by atoms with Gasteiger partial charge in [-0.1, -0.05) is 60.7 Å². The fraction of sp³-hybridized carbons (Fsp3) is 0.500. The van der Waals surface area contributed by atoms with Gasteiger partial charge < -0.3 is 5.11 Å². The zero-order chi connectivity index (χ0) is 13.1. The van der Waals surface area contributed by atoms with E-state index in [4.69, 9.17) is 28.3 Å². The van der Waals surface area contributed by atoms with Gasteiger partial charge in [0.05, 0.1) is 0 Å². The van der Waals surface area contributed by atoms with E-state index in [2.05, 4.69) is 18.2 Å². The lowest BCUT2D eigenvalue weighted by atomic mass is 9.75. The van der Waals surface area contributed by atoms with E-state index in [0.717, 1.165) is 5.92 Å². The highest BCUT2D eigenvalue weighted by atomic mass is 35.5. The highest BCUT2D eigenvalue weighted by Crippen LogP contribution is 2.45. The molecule has 98 valence electrons. The maximum atomic E-state index is 9.44. The zero-order valence-corrected chi connectivity index (χ0v) is 11.5. The third-order valence-electron chi connectivity index (χ3n) is 3.59. The molecule has 0 saturated heterocycles. The van der Waals surface area contributed by atoms with Crippen molar-refractivity contribution in [1.29, 1.82) is 0 Å². The van der Waals surface area contributed by atoms with Crippen LogP contribution in [0.15, 0.2) is 18.2 Å². The van der Waals surface area contributed by atoms with Crippen LogP contribution < -0.4 is 0 Å². The quantitative estimate of drug-likeness (QED) is 0.820. The average Bonchev–Trinajstić information content (AvgIpc) is 2.34. The maximum Gasteiger partial charge on any atom is 0.337 e. The first-order valence-corrected chi connectivity index (χ1v) is 7.12. The molecule has 3 aliphatic carbocycles. The normalized spacial score (nSPS) is 17.1. The number of alkyl halides is 2. The zero-order valence-electron chi connectivity index (χ0n) is 10.0. The van der Waals surface area contributed by atoms with E-state index in [1.165, 1.54) is 37.7 Å². The van der Waals surface area contributed by atoms with Gasteiger partial charge in [-0.25, -0.2) is 4.79 Å². The number of carbonyl (C=O) groups is 1. The SMILES string of the molecule is O=C(O)C(Cl)Cl.c1cc2c(C3CCCCC3)cc1-2. The van der Waals surface area contributed by atoms with Crippen molar-refractivity contribution in [2.75, 3.05) is 0 Å². The number of fused-ring (bicyclic) bond motifs is 1. The van der Waals surface area contributed by atoms with Crippen LogP contribution in [0.1, 0.15) is 43.6 Å². The number of benzene rings is 1. The number of rotatable bonds is 2. The van der Waals surface area contributed by atoms with E-state index >= 15 is 0 Å². The molecule has 1 fully saturated rings. The second-order valence-electron chi connectivity index (χ2n) is 4.78. The molecule has 0 spiro atoms. The molecule has 0 amide bonds. The molecule has 3 aliphatic rings. The second kappa shape index (κ2) is 5.94. The van der Waals surface area contributed by atoms with Gasteiger partial charge in [-0.15, -0.1) is 0 Å². The third kappa shape index (κ3) is 2.99. The standard InChI is InChI=1S/C12H14.C2H2Cl2O2/c1-2-4-9(5-3-1)12-8-10-6-7-11(10)12;3-1(4)2(5)6/h6-9H,1-5H2;1H,(H,5,6). The molecule has 18 heavy (non-hydrogen) atoms. The van der Waals surface area contributed by atoms with Crippen molar-refractivity contribution >= 4 is 29.2 Å². The Morgan fingerprint density at radius 3 is 2.17 bits per heavy atom. The van der Waals surface area contributed by atoms with Gasteiger partial charge in [0.25, 0.3) is 0 Å². The van der Waals surface area contributed by atoms with Crippen LogP contribution in [0.25, 0.3) is 11.1 Å². The first-order chi connectivity index (χ1) is 8.59. The summed E-state index contributed by atoms with van der Waals surface area (Å²) in [7, 11) is 0. The molecule has 0 aliphatic heterocycles. The Labute approximate surface area is 117 Å². The molecule has 1 N–H and O–H groups in total. The Morgan fingerprint density at radius 1 is 1.22 bits per heavy atom. The fourth-order valence-electron chi connectivity index (χ4n) is 2.57. The predicted molar refractivity (Wildman–Crippen MR) is 74.4 cm³/mol. The minimum absolute atomic E-state index is 0.919. The van der Waals surface area contributed by atoms with Crippen LogP contribution in [0.4, 0.5) is 0 Å². The van der Waals surface area contributed by atoms with Gasteiger partial charge in [0.15, 0.2) is 0 Å². The van der Waals surface area contributed by atoms with Crippen molar-refractivity contribution in [3.8, 4) is 11.1 Å². The van der Waals surface area contributed by atoms with Crippen molar-refractivity contribution in [2.45, 2.75) is 42.9 Å². The number of hydrogen-bond donors (Lipinski definition) is 1. The lowest BCUT2D eigenvalue weighted by Crippen LogP contribution is -2.10. The van der Waals surface area contributed by atoms with Crippen molar-refractivity contribution in [3.63, 3.8) is 0 Å². The van der Waals surface area contributed by atoms with E-state index in [0.29, 0.717) is 0 Å². The number of carboxylic acids is 1. The van der Waals surface area contributed by atoms with E-state index in [-0.39, 0.29) is 0 Å². The van der Waals surface area contributed by atoms with Gasteiger partial charge in [0, 0.05) is 0 Å². The van der Waals surface area contributed by atoms with Gasteiger partial charge >= 0.3 is 5.97 Å². The Morgan fingerprint density at radius 2 is 1.83 bits per heavy atom. The summed E-state index contributed by atoms with van der Waals surface area (Å²) in [5.41, 5.74) is 4.77. The molecular weight excluding hydrogens is 271 g/mol. The number of halogens is 2. The summed E-state index contributed by atoms with van der Waals surface area (Å²) in [4.78, 5) is 8.15. The number of aliphatic carboxylic acids is 1. The van der Waals surface area contributed by atoms with Gasteiger partial charge in [0.2, 0.25) is 4.84 Å². The van der Waals surface area contributed by atoms with Crippen molar-refractivity contribution in [1.82, 2.24) is 0 Å². The summed E-state index contributed by atoms with van der Waals surface area (Å²) in [6.07, 6.45) is 7.25. The molecule has 4 heteroatoms. The summed E-state index contributed by atoms with van der Waals surface area (Å²) >= 11 is 9.56. The first-order valence-electron chi connectivity index (χ1n) is 6.25. The van der Waals surface area contributed by atoms with E-state index in [9.17, 15) is 4.79 Å². The fourth-order valence-corrected chi connectivity index (χ4v) is 2.57. The lowest BCUT2D eigenvalue weighted by molar-refractivity contribution is -0.135. The summed E-state index contributed by atoms with van der Waals surface area (Å²) < 4.78 is 0. The van der Waals surface area contributed by atoms with E-state index in [1.54, 1.807) is 11.1 Å². The molecule has 0 aromatic carbocycles. The number of carboxylic acid groups (broad SMARTS) is 1. The predicted octanol–water partition coefficient (Wildman–Crippen LogP) is 4.59. The Hall–Kier alpha value is -0.730. The van der Waals surface area contributed by atoms with Crippen molar-refractivity contribution in [3.05, 3.63) is 23.8 Å². The summed E-state index contributed by atoms with van der Waals surface area (Å²) in [6.45, 7) is 0. The average molecular weight is 287 g/mol. The summed E-state index contributed by atoms with van der Waals surface area (Å²) in [5, 5.41) is 7.73. The highest BCUT2D eigenvalue weighted by Gasteiger charge is 2.24. The van der Waals surface area contributed by atoms with Crippen LogP contribution in [-0.4, -0.2) is 15.9 Å². The smallest absolute Gasteiger partial charge is 0.337 e. The summed E-state index contributed by atoms with van der Waals surface area (Å²) in [6, 6.07) is 6.90. The molecule has 0 aromatic heterocycles. The lowest BCUT2D eigenvalue weighted by Gasteiger charge is -2.30. The van der Waals surface area contributed by atoms with Gasteiger partial charge in [-0.05, 0) is 35.4 Å². The minimum Gasteiger partial charge on any atom is -0.479 e. The van der Waals surface area contributed by atoms with Crippen LogP contribution in [-0.2, 0) is 4.79 Å². The Bertz CT molecular complexity index is 437. The van der Waals surface area contributed by atoms with Crippen LogP contribution >= 0.6 is 23.2 Å². The monoisotopic (exact) mass is 286 g/mol. The summed E-state index contributed by atoms with van der Waals surface area (Å²) in [5.74, 6) is -0.291. The largest absolute Gasteiger partial charge is 0.479 e. The van der Waals surface area contributed by atoms with Crippen LogP contribution in [0.2, 0.25) is 0 Å². The molecule has 0 bridgehead atoms.